The third-order valence-electron chi connectivity index (χ3n) is 1.82. The topological polar surface area (TPSA) is 58.0 Å². The first-order valence-corrected chi connectivity index (χ1v) is 7.79. The van der Waals surface area contributed by atoms with Crippen LogP contribution in [0.4, 0.5) is 0 Å². The van der Waals surface area contributed by atoms with E-state index in [4.69, 9.17) is 28.6 Å². The Morgan fingerprint density at radius 2 is 2.00 bits per heavy atom. The minimum atomic E-state index is -3.50. The summed E-state index contributed by atoms with van der Waals surface area (Å²) in [5, 5.41) is 7.95. The molecule has 0 fully saturated rings. The Labute approximate surface area is 109 Å². The van der Waals surface area contributed by atoms with Gasteiger partial charge in [0.2, 0.25) is 0 Å². The molecule has 0 aliphatic rings. The minimum absolute atomic E-state index is 0.0840. The van der Waals surface area contributed by atoms with Crippen molar-refractivity contribution in [1.82, 2.24) is 0 Å². The van der Waals surface area contributed by atoms with Crippen LogP contribution >= 0.6 is 35.0 Å². The van der Waals surface area contributed by atoms with Crippen LogP contribution in [0, 0.1) is 5.41 Å². The normalized spacial score (nSPS) is 11.4. The van der Waals surface area contributed by atoms with Gasteiger partial charge in [-0.3, -0.25) is 5.41 Å². The molecule has 0 aliphatic heterocycles. The molecule has 1 rings (SSSR count). The van der Waals surface area contributed by atoms with Crippen molar-refractivity contribution in [2.45, 2.75) is 4.90 Å². The zero-order chi connectivity index (χ0) is 12.3. The summed E-state index contributed by atoms with van der Waals surface area (Å²) in [6, 6.07) is 4.11. The molecule has 0 unspecified atom stereocenters. The lowest BCUT2D eigenvalue weighted by molar-refractivity contribution is 0.600. The van der Waals surface area contributed by atoms with Crippen LogP contribution in [0.3, 0.4) is 0 Å². The molecule has 0 bridgehead atoms. The van der Waals surface area contributed by atoms with Crippen LogP contribution in [-0.4, -0.2) is 25.5 Å². The van der Waals surface area contributed by atoms with Gasteiger partial charge in [0, 0.05) is 0 Å². The quantitative estimate of drug-likeness (QED) is 0.689. The van der Waals surface area contributed by atoms with Gasteiger partial charge < -0.3 is 0 Å². The molecule has 0 atom stereocenters. The molecule has 0 radical (unpaired) electrons. The lowest BCUT2D eigenvalue weighted by Gasteiger charge is -2.05. The molecule has 88 valence electrons. The second kappa shape index (κ2) is 5.40. The van der Waals surface area contributed by atoms with E-state index >= 15 is 0 Å². The van der Waals surface area contributed by atoms with Gasteiger partial charge in [0.1, 0.15) is 5.75 Å². The highest BCUT2D eigenvalue weighted by molar-refractivity contribution is 8.14. The largest absolute Gasteiger partial charge is 0.297 e. The predicted octanol–water partition coefficient (Wildman–Crippen LogP) is 3.11. The molecule has 3 nitrogen and oxygen atoms in total. The van der Waals surface area contributed by atoms with E-state index in [1.165, 1.54) is 18.2 Å². The smallest absolute Gasteiger partial charge is 0.184 e. The Bertz CT molecular complexity index is 514. The Hall–Kier alpha value is -0.230. The van der Waals surface area contributed by atoms with Crippen LogP contribution in [0.25, 0.3) is 0 Å². The third kappa shape index (κ3) is 3.38. The molecule has 0 aromatic heterocycles. The second-order valence-corrected chi connectivity index (χ2v) is 6.67. The van der Waals surface area contributed by atoms with Gasteiger partial charge in [-0.2, -0.15) is 0 Å². The fourth-order valence-corrected chi connectivity index (χ4v) is 3.37. The van der Waals surface area contributed by atoms with Crippen LogP contribution in [0.1, 0.15) is 0 Å². The highest BCUT2D eigenvalue weighted by atomic mass is 35.5. The first kappa shape index (κ1) is 13.8. The summed E-state index contributed by atoms with van der Waals surface area (Å²) in [5.74, 6) is -0.313. The van der Waals surface area contributed by atoms with Crippen molar-refractivity contribution in [2.75, 3.05) is 12.0 Å². The average Bonchev–Trinajstić information content (AvgIpc) is 2.21. The second-order valence-electron chi connectivity index (χ2n) is 2.96. The van der Waals surface area contributed by atoms with Crippen LogP contribution in [0.15, 0.2) is 23.1 Å². The molecular weight excluding hydrogens is 289 g/mol. The molecule has 7 heteroatoms. The number of hydrogen-bond acceptors (Lipinski definition) is 4. The van der Waals surface area contributed by atoms with Gasteiger partial charge in [0.25, 0.3) is 0 Å². The maximum Gasteiger partial charge on any atom is 0.184 e. The summed E-state index contributed by atoms with van der Waals surface area (Å²) in [4.78, 5) is 0.0840. The average molecular weight is 298 g/mol. The summed E-state index contributed by atoms with van der Waals surface area (Å²) in [6.07, 6.45) is 1.66. The molecule has 0 saturated heterocycles. The fraction of sp³-hybridized carbons (Fsp3) is 0.222. The van der Waals surface area contributed by atoms with Crippen LogP contribution < -0.4 is 0 Å². The molecule has 0 spiro atoms. The maximum absolute atomic E-state index is 11.8. The van der Waals surface area contributed by atoms with Crippen molar-refractivity contribution >= 4 is 49.8 Å². The third-order valence-corrected chi connectivity index (χ3v) is 5.02. The van der Waals surface area contributed by atoms with Gasteiger partial charge in [0.15, 0.2) is 9.84 Å². The number of benzene rings is 1. The number of hydrogen-bond donors (Lipinski definition) is 1. The van der Waals surface area contributed by atoms with Gasteiger partial charge >= 0.3 is 0 Å². The highest BCUT2D eigenvalue weighted by Crippen LogP contribution is 2.25. The van der Waals surface area contributed by atoms with E-state index in [9.17, 15) is 8.42 Å². The SMILES string of the molecule is CSC(=N)CS(=O)(=O)c1ccc(Cl)c(Cl)c1. The summed E-state index contributed by atoms with van der Waals surface area (Å²) >= 11 is 12.5. The summed E-state index contributed by atoms with van der Waals surface area (Å²) in [5.41, 5.74) is 0. The van der Waals surface area contributed by atoms with Crippen LogP contribution in [-0.2, 0) is 9.84 Å². The van der Waals surface area contributed by atoms with E-state index in [2.05, 4.69) is 0 Å². The molecule has 16 heavy (non-hydrogen) atoms. The van der Waals surface area contributed by atoms with Crippen molar-refractivity contribution < 1.29 is 8.42 Å². The molecule has 0 heterocycles. The van der Waals surface area contributed by atoms with Gasteiger partial charge in [-0.15, -0.1) is 11.8 Å². The highest BCUT2D eigenvalue weighted by Gasteiger charge is 2.17. The van der Waals surface area contributed by atoms with E-state index in [1.54, 1.807) is 6.26 Å². The van der Waals surface area contributed by atoms with Crippen molar-refractivity contribution in [3.8, 4) is 0 Å². The van der Waals surface area contributed by atoms with Crippen molar-refractivity contribution in [2.24, 2.45) is 0 Å². The van der Waals surface area contributed by atoms with Crippen molar-refractivity contribution in [3.63, 3.8) is 0 Å². The molecule has 1 N–H and O–H groups in total. The number of thioether (sulfide) groups is 1. The first-order chi connectivity index (χ1) is 7.36. The van der Waals surface area contributed by atoms with Crippen LogP contribution in [0.2, 0.25) is 10.0 Å². The lowest BCUT2D eigenvalue weighted by Crippen LogP contribution is -2.12. The van der Waals surface area contributed by atoms with E-state index in [1.807, 2.05) is 0 Å². The Kier molecular flexibility index (Phi) is 4.67. The predicted molar refractivity (Wildman–Crippen MR) is 69.8 cm³/mol. The maximum atomic E-state index is 11.8. The monoisotopic (exact) mass is 297 g/mol. The Morgan fingerprint density at radius 3 is 2.50 bits per heavy atom. The number of nitrogens with one attached hydrogen (secondary N) is 1. The minimum Gasteiger partial charge on any atom is -0.297 e. The van der Waals surface area contributed by atoms with Gasteiger partial charge in [-0.25, -0.2) is 8.42 Å². The lowest BCUT2D eigenvalue weighted by atomic mass is 10.4. The molecular formula is C9H9Cl2NO2S2. The van der Waals surface area contributed by atoms with E-state index in [0.29, 0.717) is 5.02 Å². The first-order valence-electron chi connectivity index (χ1n) is 4.16. The number of halogens is 2. The number of rotatable bonds is 3. The van der Waals surface area contributed by atoms with E-state index < -0.39 is 9.84 Å². The van der Waals surface area contributed by atoms with Crippen LogP contribution in [0.5, 0.6) is 0 Å². The summed E-state index contributed by atoms with van der Waals surface area (Å²) in [7, 11) is -3.50. The molecule has 1 aromatic carbocycles. The Morgan fingerprint density at radius 1 is 1.38 bits per heavy atom. The van der Waals surface area contributed by atoms with Gasteiger partial charge in [-0.05, 0) is 24.5 Å². The molecule has 1 aromatic rings. The standard InChI is InChI=1S/C9H9Cl2NO2S2/c1-15-9(12)5-16(13,14)6-2-3-7(10)8(11)4-6/h2-4,12H,5H2,1H3. The van der Waals surface area contributed by atoms with Crippen molar-refractivity contribution in [1.29, 1.82) is 5.41 Å². The van der Waals surface area contributed by atoms with E-state index in [-0.39, 0.29) is 20.7 Å². The molecule has 0 amide bonds. The Balaban J connectivity index is 3.08. The summed E-state index contributed by atoms with van der Waals surface area (Å²) < 4.78 is 23.6. The van der Waals surface area contributed by atoms with Crippen molar-refractivity contribution in [3.05, 3.63) is 28.2 Å². The van der Waals surface area contributed by atoms with E-state index in [0.717, 1.165) is 11.8 Å². The molecule has 0 saturated carbocycles. The van der Waals surface area contributed by atoms with Gasteiger partial charge in [0.05, 0.1) is 20.0 Å². The zero-order valence-electron chi connectivity index (χ0n) is 8.33. The van der Waals surface area contributed by atoms with Gasteiger partial charge in [-0.1, -0.05) is 23.2 Å². The number of sulfone groups is 1. The fourth-order valence-electron chi connectivity index (χ4n) is 0.985. The zero-order valence-corrected chi connectivity index (χ0v) is 11.5. The summed E-state index contributed by atoms with van der Waals surface area (Å²) in [6.45, 7) is 0. The molecule has 0 aliphatic carbocycles.